The van der Waals surface area contributed by atoms with Crippen molar-refractivity contribution in [2.75, 3.05) is 19.8 Å². The molecule has 0 aliphatic rings. The van der Waals surface area contributed by atoms with E-state index in [0.717, 1.165) is 0 Å². The predicted molar refractivity (Wildman–Crippen MR) is 74.5 cm³/mol. The number of esters is 1. The normalized spacial score (nSPS) is 10.6. The number of benzene rings is 1. The molecule has 0 aliphatic carbocycles. The van der Waals surface area contributed by atoms with Gasteiger partial charge in [-0.3, -0.25) is 4.68 Å². The maximum Gasteiger partial charge on any atom is 0.338 e. The summed E-state index contributed by atoms with van der Waals surface area (Å²) in [5, 5.41) is 4.04. The van der Waals surface area contributed by atoms with Crippen LogP contribution in [0.25, 0.3) is 0 Å². The van der Waals surface area contributed by atoms with Crippen molar-refractivity contribution in [2.45, 2.75) is 13.5 Å². The van der Waals surface area contributed by atoms with Crippen LogP contribution in [-0.2, 0) is 16.0 Å². The van der Waals surface area contributed by atoms with Crippen LogP contribution >= 0.6 is 0 Å². The average molecular weight is 292 g/mol. The number of aryl methyl sites for hydroxylation is 1. The molecule has 1 heterocycles. The number of carbonyl (C=O) groups excluding carboxylic acids is 1. The van der Waals surface area contributed by atoms with E-state index in [-0.39, 0.29) is 12.2 Å². The lowest BCUT2D eigenvalue weighted by molar-refractivity contribution is 0.0302. The van der Waals surface area contributed by atoms with Crippen LogP contribution in [0.5, 0.6) is 0 Å². The Balaban J connectivity index is 1.66. The fourth-order valence-electron chi connectivity index (χ4n) is 1.78. The van der Waals surface area contributed by atoms with Crippen molar-refractivity contribution in [3.63, 3.8) is 0 Å². The number of hydrogen-bond acceptors (Lipinski definition) is 4. The molecule has 5 nitrogen and oxygen atoms in total. The van der Waals surface area contributed by atoms with Crippen molar-refractivity contribution in [3.8, 4) is 0 Å². The number of hydrogen-bond donors (Lipinski definition) is 0. The Bertz CT molecular complexity index is 585. The summed E-state index contributed by atoms with van der Waals surface area (Å²) in [6.45, 7) is 3.29. The zero-order chi connectivity index (χ0) is 15.1. The molecule has 0 saturated heterocycles. The van der Waals surface area contributed by atoms with Gasteiger partial charge in [0, 0.05) is 12.4 Å². The molecule has 0 unspecified atom stereocenters. The van der Waals surface area contributed by atoms with E-state index in [2.05, 4.69) is 5.10 Å². The Morgan fingerprint density at radius 1 is 1.33 bits per heavy atom. The summed E-state index contributed by atoms with van der Waals surface area (Å²) in [6, 6.07) is 5.87. The molecule has 0 radical (unpaired) electrons. The lowest BCUT2D eigenvalue weighted by atomic mass is 10.1. The third-order valence-corrected chi connectivity index (χ3v) is 2.90. The monoisotopic (exact) mass is 292 g/mol. The quantitative estimate of drug-likeness (QED) is 0.580. The lowest BCUT2D eigenvalue weighted by Gasteiger charge is -2.08. The molecule has 0 fully saturated rings. The van der Waals surface area contributed by atoms with Gasteiger partial charge in [0.25, 0.3) is 0 Å². The van der Waals surface area contributed by atoms with Gasteiger partial charge in [0.2, 0.25) is 0 Å². The summed E-state index contributed by atoms with van der Waals surface area (Å²) < 4.78 is 25.2. The van der Waals surface area contributed by atoms with E-state index in [1.165, 1.54) is 12.1 Å². The summed E-state index contributed by atoms with van der Waals surface area (Å²) >= 11 is 0. The highest BCUT2D eigenvalue weighted by Crippen LogP contribution is 2.11. The first-order valence-electron chi connectivity index (χ1n) is 6.65. The molecule has 0 N–H and O–H groups in total. The third-order valence-electron chi connectivity index (χ3n) is 2.90. The van der Waals surface area contributed by atoms with Crippen molar-refractivity contribution in [1.29, 1.82) is 0 Å². The van der Waals surface area contributed by atoms with Crippen molar-refractivity contribution < 1.29 is 18.7 Å². The maximum absolute atomic E-state index is 13.1. The highest BCUT2D eigenvalue weighted by molar-refractivity contribution is 5.90. The van der Waals surface area contributed by atoms with Crippen LogP contribution < -0.4 is 0 Å². The van der Waals surface area contributed by atoms with Gasteiger partial charge in [0.1, 0.15) is 12.4 Å². The molecule has 2 rings (SSSR count). The van der Waals surface area contributed by atoms with Crippen molar-refractivity contribution >= 4 is 5.97 Å². The molecule has 0 spiro atoms. The zero-order valence-electron chi connectivity index (χ0n) is 11.8. The Hall–Kier alpha value is -2.21. The molecule has 0 bridgehead atoms. The second-order valence-electron chi connectivity index (χ2n) is 4.48. The number of aromatic nitrogens is 2. The first-order chi connectivity index (χ1) is 10.2. The van der Waals surface area contributed by atoms with Crippen LogP contribution in [0, 0.1) is 12.7 Å². The summed E-state index contributed by atoms with van der Waals surface area (Å²) in [4.78, 5) is 11.8. The number of nitrogens with zero attached hydrogens (tertiary/aromatic N) is 2. The molecule has 2 aromatic rings. The molecule has 1 aromatic heterocycles. The summed E-state index contributed by atoms with van der Waals surface area (Å²) in [5.74, 6) is -0.995. The van der Waals surface area contributed by atoms with Crippen molar-refractivity contribution in [1.82, 2.24) is 9.78 Å². The van der Waals surface area contributed by atoms with E-state index in [9.17, 15) is 9.18 Å². The Kier molecular flexibility index (Phi) is 5.45. The van der Waals surface area contributed by atoms with Crippen LogP contribution in [0.1, 0.15) is 15.9 Å². The van der Waals surface area contributed by atoms with Gasteiger partial charge in [-0.1, -0.05) is 6.07 Å². The van der Waals surface area contributed by atoms with Gasteiger partial charge in [0.15, 0.2) is 0 Å². The molecule has 21 heavy (non-hydrogen) atoms. The molecule has 112 valence electrons. The van der Waals surface area contributed by atoms with Gasteiger partial charge in [-0.2, -0.15) is 5.10 Å². The maximum atomic E-state index is 13.1. The van der Waals surface area contributed by atoms with Crippen LogP contribution in [0.15, 0.2) is 36.7 Å². The van der Waals surface area contributed by atoms with Crippen LogP contribution in [0.2, 0.25) is 0 Å². The van der Waals surface area contributed by atoms with Gasteiger partial charge < -0.3 is 9.47 Å². The topological polar surface area (TPSA) is 53.4 Å². The fraction of sp³-hybridized carbons (Fsp3) is 0.333. The Morgan fingerprint density at radius 2 is 2.19 bits per heavy atom. The second-order valence-corrected chi connectivity index (χ2v) is 4.48. The largest absolute Gasteiger partial charge is 0.460 e. The first-order valence-corrected chi connectivity index (χ1v) is 6.65. The van der Waals surface area contributed by atoms with Crippen LogP contribution in [-0.4, -0.2) is 35.6 Å². The summed E-state index contributed by atoms with van der Waals surface area (Å²) in [6.07, 6.45) is 3.54. The minimum Gasteiger partial charge on any atom is -0.460 e. The molecule has 0 atom stereocenters. The summed E-state index contributed by atoms with van der Waals surface area (Å²) in [5.41, 5.74) is 0.924. The van der Waals surface area contributed by atoms with E-state index >= 15 is 0 Å². The minimum atomic E-state index is -0.539. The molecule has 0 saturated carbocycles. The Labute approximate surface area is 122 Å². The number of rotatable bonds is 7. The van der Waals surface area contributed by atoms with Gasteiger partial charge in [-0.25, -0.2) is 9.18 Å². The van der Waals surface area contributed by atoms with Crippen molar-refractivity contribution in [3.05, 3.63) is 53.6 Å². The third kappa shape index (κ3) is 4.68. The standard InChI is InChI=1S/C15H17FN2O3/c1-12-3-4-13(16)11-14(12)15(19)21-10-9-20-8-7-18-6-2-5-17-18/h2-6,11H,7-10H2,1H3. The average Bonchev–Trinajstić information content (AvgIpc) is 2.98. The fourth-order valence-corrected chi connectivity index (χ4v) is 1.78. The van der Waals surface area contributed by atoms with Gasteiger partial charge in [0.05, 0.1) is 25.3 Å². The first kappa shape index (κ1) is 15.2. The number of ether oxygens (including phenoxy) is 2. The van der Waals surface area contributed by atoms with E-state index < -0.39 is 11.8 Å². The Morgan fingerprint density at radius 3 is 2.95 bits per heavy atom. The van der Waals surface area contributed by atoms with E-state index in [0.29, 0.717) is 25.3 Å². The van der Waals surface area contributed by atoms with Crippen LogP contribution in [0.3, 0.4) is 0 Å². The molecular formula is C15H17FN2O3. The van der Waals surface area contributed by atoms with E-state index in [1.807, 2.05) is 12.3 Å². The highest BCUT2D eigenvalue weighted by atomic mass is 19.1. The van der Waals surface area contributed by atoms with Gasteiger partial charge in [-0.15, -0.1) is 0 Å². The van der Waals surface area contributed by atoms with Gasteiger partial charge >= 0.3 is 5.97 Å². The number of carbonyl (C=O) groups is 1. The molecule has 1 aromatic carbocycles. The second kappa shape index (κ2) is 7.54. The highest BCUT2D eigenvalue weighted by Gasteiger charge is 2.11. The SMILES string of the molecule is Cc1ccc(F)cc1C(=O)OCCOCCn1cccn1. The van der Waals surface area contributed by atoms with Crippen LogP contribution in [0.4, 0.5) is 4.39 Å². The zero-order valence-corrected chi connectivity index (χ0v) is 11.8. The van der Waals surface area contributed by atoms with Crippen molar-refractivity contribution in [2.24, 2.45) is 0 Å². The van der Waals surface area contributed by atoms with E-state index in [1.54, 1.807) is 23.9 Å². The predicted octanol–water partition coefficient (Wildman–Crippen LogP) is 2.20. The molecule has 0 aliphatic heterocycles. The smallest absolute Gasteiger partial charge is 0.338 e. The minimum absolute atomic E-state index is 0.133. The summed E-state index contributed by atoms with van der Waals surface area (Å²) in [7, 11) is 0. The van der Waals surface area contributed by atoms with Gasteiger partial charge in [-0.05, 0) is 30.7 Å². The molecule has 0 amide bonds. The lowest BCUT2D eigenvalue weighted by Crippen LogP contribution is -2.14. The van der Waals surface area contributed by atoms with E-state index in [4.69, 9.17) is 9.47 Å². The molecule has 6 heteroatoms. The molecular weight excluding hydrogens is 275 g/mol. The number of halogens is 1.